The van der Waals surface area contributed by atoms with Gasteiger partial charge in [-0.05, 0) is 41.9 Å². The highest BCUT2D eigenvalue weighted by Crippen LogP contribution is 2.42. The molecule has 0 fully saturated rings. The predicted octanol–water partition coefficient (Wildman–Crippen LogP) is 4.20. The van der Waals surface area contributed by atoms with Crippen molar-refractivity contribution in [3.63, 3.8) is 0 Å². The van der Waals surface area contributed by atoms with Gasteiger partial charge in [0.05, 0.1) is 0 Å². The number of rotatable bonds is 3. The number of benzene rings is 3. The summed E-state index contributed by atoms with van der Waals surface area (Å²) in [5, 5.41) is 3.28. The second kappa shape index (κ2) is 6.39. The molecule has 0 spiro atoms. The van der Waals surface area contributed by atoms with Gasteiger partial charge >= 0.3 is 0 Å². The summed E-state index contributed by atoms with van der Waals surface area (Å²) in [6.07, 6.45) is 0. The van der Waals surface area contributed by atoms with Crippen LogP contribution in [0.3, 0.4) is 0 Å². The molecule has 0 aromatic heterocycles. The summed E-state index contributed by atoms with van der Waals surface area (Å²) >= 11 is 6.22. The third-order valence-corrected chi connectivity index (χ3v) is 8.96. The molecular weight excluding hydrogens is 322 g/mol. The summed E-state index contributed by atoms with van der Waals surface area (Å²) < 4.78 is 13.4. The SMILES string of the molecule is Cc1ccc(P(=S)(c2ccc(C)cc2)c2ccc(F)cc2)cc1. The number of aryl methyl sites for hydroxylation is 2. The monoisotopic (exact) mass is 340 g/mol. The van der Waals surface area contributed by atoms with Crippen LogP contribution in [0.4, 0.5) is 4.39 Å². The molecule has 23 heavy (non-hydrogen) atoms. The number of hydrogen-bond acceptors (Lipinski definition) is 1. The van der Waals surface area contributed by atoms with E-state index in [4.69, 9.17) is 11.8 Å². The van der Waals surface area contributed by atoms with E-state index in [0.717, 1.165) is 15.9 Å². The normalized spacial score (nSPS) is 11.4. The van der Waals surface area contributed by atoms with Gasteiger partial charge in [0.15, 0.2) is 0 Å². The molecule has 116 valence electrons. The quantitative estimate of drug-likeness (QED) is 0.644. The summed E-state index contributed by atoms with van der Waals surface area (Å²) in [6.45, 7) is 4.13. The lowest BCUT2D eigenvalue weighted by Crippen LogP contribution is -2.24. The van der Waals surface area contributed by atoms with Crippen molar-refractivity contribution >= 4 is 33.8 Å². The topological polar surface area (TPSA) is 0 Å². The largest absolute Gasteiger partial charge is 0.207 e. The van der Waals surface area contributed by atoms with Crippen LogP contribution in [0.15, 0.2) is 72.8 Å². The van der Waals surface area contributed by atoms with E-state index in [2.05, 4.69) is 62.4 Å². The van der Waals surface area contributed by atoms with Crippen molar-refractivity contribution in [1.29, 1.82) is 0 Å². The van der Waals surface area contributed by atoms with E-state index in [0.29, 0.717) is 0 Å². The minimum absolute atomic E-state index is 0.233. The van der Waals surface area contributed by atoms with Gasteiger partial charge in [-0.25, -0.2) is 4.39 Å². The maximum atomic E-state index is 13.4. The average molecular weight is 340 g/mol. The van der Waals surface area contributed by atoms with E-state index in [1.165, 1.54) is 23.3 Å². The Morgan fingerprint density at radius 2 is 0.913 bits per heavy atom. The van der Waals surface area contributed by atoms with Crippen LogP contribution in [0, 0.1) is 19.7 Å². The molecule has 0 aliphatic carbocycles. The smallest absolute Gasteiger partial charge is 0.123 e. The predicted molar refractivity (Wildman–Crippen MR) is 102 cm³/mol. The summed E-state index contributed by atoms with van der Waals surface area (Å²) in [6, 6.07) is 21.3. The lowest BCUT2D eigenvalue weighted by Gasteiger charge is -2.24. The minimum Gasteiger partial charge on any atom is -0.207 e. The van der Waals surface area contributed by atoms with Gasteiger partial charge in [0.1, 0.15) is 5.82 Å². The summed E-state index contributed by atoms with van der Waals surface area (Å²) in [4.78, 5) is 0. The Kier molecular flexibility index (Phi) is 4.48. The minimum atomic E-state index is -2.17. The highest BCUT2D eigenvalue weighted by molar-refractivity contribution is 8.25. The van der Waals surface area contributed by atoms with Gasteiger partial charge in [-0.1, -0.05) is 83.6 Å². The Labute approximate surface area is 142 Å². The maximum absolute atomic E-state index is 13.4. The average Bonchev–Trinajstić information content (AvgIpc) is 2.56. The van der Waals surface area contributed by atoms with Crippen LogP contribution in [-0.4, -0.2) is 0 Å². The van der Waals surface area contributed by atoms with Crippen LogP contribution in [0.5, 0.6) is 0 Å². The van der Waals surface area contributed by atoms with E-state index in [1.54, 1.807) is 0 Å². The van der Waals surface area contributed by atoms with E-state index in [9.17, 15) is 4.39 Å². The zero-order valence-corrected chi connectivity index (χ0v) is 14.9. The molecular formula is C20H18FPS. The molecule has 0 N–H and O–H groups in total. The van der Waals surface area contributed by atoms with E-state index in [-0.39, 0.29) is 5.82 Å². The van der Waals surface area contributed by atoms with Crippen LogP contribution in [-0.2, 0) is 11.8 Å². The summed E-state index contributed by atoms with van der Waals surface area (Å²) in [5.74, 6) is -0.233. The summed E-state index contributed by atoms with van der Waals surface area (Å²) in [7, 11) is 0. The fourth-order valence-electron chi connectivity index (χ4n) is 2.61. The third kappa shape index (κ3) is 3.15. The molecule has 3 rings (SSSR count). The van der Waals surface area contributed by atoms with Crippen molar-refractivity contribution < 1.29 is 4.39 Å². The Bertz CT molecular complexity index is 732. The fraction of sp³-hybridized carbons (Fsp3) is 0.100. The lowest BCUT2D eigenvalue weighted by atomic mass is 10.2. The zero-order chi connectivity index (χ0) is 16.4. The zero-order valence-electron chi connectivity index (χ0n) is 13.2. The van der Waals surface area contributed by atoms with Crippen molar-refractivity contribution in [3.05, 3.63) is 89.7 Å². The van der Waals surface area contributed by atoms with Crippen LogP contribution in [0.25, 0.3) is 0 Å². The molecule has 0 heterocycles. The van der Waals surface area contributed by atoms with Gasteiger partial charge in [-0.3, -0.25) is 0 Å². The second-order valence-corrected chi connectivity index (χ2v) is 10.2. The molecule has 0 saturated carbocycles. The molecule has 3 aromatic carbocycles. The van der Waals surface area contributed by atoms with E-state index < -0.39 is 6.04 Å². The van der Waals surface area contributed by atoms with Gasteiger partial charge in [-0.2, -0.15) is 0 Å². The first-order chi connectivity index (χ1) is 11.0. The summed E-state index contributed by atoms with van der Waals surface area (Å²) in [5.41, 5.74) is 2.41. The standard InChI is InChI=1S/C20H18FPS/c1-15-3-9-18(10-4-15)22(23,19-11-5-16(2)6-12-19)20-13-7-17(21)8-14-20/h3-14H,1-2H3. The van der Waals surface area contributed by atoms with E-state index >= 15 is 0 Å². The first-order valence-electron chi connectivity index (χ1n) is 7.51. The van der Waals surface area contributed by atoms with Gasteiger partial charge in [-0.15, -0.1) is 0 Å². The maximum Gasteiger partial charge on any atom is 0.123 e. The van der Waals surface area contributed by atoms with E-state index in [1.807, 2.05) is 12.1 Å². The molecule has 0 amide bonds. The number of halogens is 1. The van der Waals surface area contributed by atoms with Gasteiger partial charge < -0.3 is 0 Å². The van der Waals surface area contributed by atoms with Gasteiger partial charge in [0.2, 0.25) is 0 Å². The van der Waals surface area contributed by atoms with Crippen molar-refractivity contribution in [2.45, 2.75) is 13.8 Å². The first kappa shape index (κ1) is 16.1. The Morgan fingerprint density at radius 3 is 1.26 bits per heavy atom. The third-order valence-electron chi connectivity index (χ3n) is 3.99. The second-order valence-electron chi connectivity index (χ2n) is 5.76. The van der Waals surface area contributed by atoms with Crippen LogP contribution in [0.2, 0.25) is 0 Å². The molecule has 0 aliphatic heterocycles. The molecule has 0 bridgehead atoms. The van der Waals surface area contributed by atoms with Crippen LogP contribution in [0.1, 0.15) is 11.1 Å². The Morgan fingerprint density at radius 1 is 0.609 bits per heavy atom. The van der Waals surface area contributed by atoms with Crippen molar-refractivity contribution in [3.8, 4) is 0 Å². The molecule has 3 heteroatoms. The van der Waals surface area contributed by atoms with Crippen molar-refractivity contribution in [1.82, 2.24) is 0 Å². The molecule has 0 radical (unpaired) electrons. The fourth-order valence-corrected chi connectivity index (χ4v) is 6.30. The molecule has 0 atom stereocenters. The highest BCUT2D eigenvalue weighted by atomic mass is 32.4. The molecule has 0 nitrogen and oxygen atoms in total. The molecule has 0 aliphatic rings. The Balaban J connectivity index is 2.24. The molecule has 0 saturated heterocycles. The Hall–Kier alpha value is -1.76. The lowest BCUT2D eigenvalue weighted by molar-refractivity contribution is 0.628. The van der Waals surface area contributed by atoms with Crippen LogP contribution >= 0.6 is 6.04 Å². The number of hydrogen-bond donors (Lipinski definition) is 0. The van der Waals surface area contributed by atoms with Crippen LogP contribution < -0.4 is 15.9 Å². The van der Waals surface area contributed by atoms with Crippen molar-refractivity contribution in [2.24, 2.45) is 0 Å². The van der Waals surface area contributed by atoms with Gasteiger partial charge in [0.25, 0.3) is 0 Å². The van der Waals surface area contributed by atoms with Crippen molar-refractivity contribution in [2.75, 3.05) is 0 Å². The molecule has 0 unspecified atom stereocenters. The molecule has 3 aromatic rings. The van der Waals surface area contributed by atoms with Gasteiger partial charge in [0, 0.05) is 6.04 Å². The first-order valence-corrected chi connectivity index (χ1v) is 10.3. The highest BCUT2D eigenvalue weighted by Gasteiger charge is 2.24.